The number of rotatable bonds is 4. The normalized spacial score (nSPS) is 17.9. The summed E-state index contributed by atoms with van der Waals surface area (Å²) in [5, 5.41) is 0.738. The van der Waals surface area contributed by atoms with Crippen molar-refractivity contribution in [2.24, 2.45) is 0 Å². The van der Waals surface area contributed by atoms with Gasteiger partial charge in [0.1, 0.15) is 5.60 Å². The molecule has 0 saturated heterocycles. The summed E-state index contributed by atoms with van der Waals surface area (Å²) in [6.45, 7) is 2.44. The number of carbonyl (C=O) groups excluding carboxylic acids is 1. The minimum Gasteiger partial charge on any atom is -0.367 e. The summed E-state index contributed by atoms with van der Waals surface area (Å²) < 4.78 is 5.75. The van der Waals surface area contributed by atoms with Crippen molar-refractivity contribution in [3.05, 3.63) is 33.8 Å². The van der Waals surface area contributed by atoms with Crippen LogP contribution in [0.3, 0.4) is 0 Å². The second-order valence-corrected chi connectivity index (χ2v) is 5.35. The van der Waals surface area contributed by atoms with E-state index in [4.69, 9.17) is 27.9 Å². The lowest BCUT2D eigenvalue weighted by atomic mass is 9.91. The van der Waals surface area contributed by atoms with Crippen LogP contribution in [-0.4, -0.2) is 18.0 Å². The van der Waals surface area contributed by atoms with Crippen LogP contribution in [0, 0.1) is 0 Å². The molecule has 98 valence electrons. The van der Waals surface area contributed by atoms with E-state index < -0.39 is 5.60 Å². The highest BCUT2D eigenvalue weighted by atomic mass is 35.5. The first-order chi connectivity index (χ1) is 8.60. The van der Waals surface area contributed by atoms with E-state index in [1.54, 1.807) is 18.2 Å². The van der Waals surface area contributed by atoms with Crippen molar-refractivity contribution in [3.63, 3.8) is 0 Å². The fourth-order valence-electron chi connectivity index (χ4n) is 2.58. The summed E-state index contributed by atoms with van der Waals surface area (Å²) in [5.74, 6) is -0.0330. The Morgan fingerprint density at radius 3 is 2.61 bits per heavy atom. The monoisotopic (exact) mass is 286 g/mol. The molecule has 2 nitrogen and oxygen atoms in total. The summed E-state index contributed by atoms with van der Waals surface area (Å²) in [5.41, 5.74) is -0.220. The maximum Gasteiger partial charge on any atom is 0.196 e. The predicted molar refractivity (Wildman–Crippen MR) is 73.6 cm³/mol. The van der Waals surface area contributed by atoms with Crippen LogP contribution in [0.15, 0.2) is 18.2 Å². The van der Waals surface area contributed by atoms with Crippen molar-refractivity contribution in [1.29, 1.82) is 0 Å². The number of ketones is 1. The molecule has 1 aliphatic carbocycles. The second-order valence-electron chi connectivity index (χ2n) is 4.56. The van der Waals surface area contributed by atoms with Crippen LogP contribution >= 0.6 is 23.2 Å². The van der Waals surface area contributed by atoms with E-state index in [-0.39, 0.29) is 5.78 Å². The molecule has 0 aliphatic heterocycles. The fraction of sp³-hybridized carbons (Fsp3) is 0.500. The van der Waals surface area contributed by atoms with Crippen LogP contribution in [0.1, 0.15) is 43.0 Å². The third kappa shape index (κ3) is 2.42. The third-order valence-corrected chi connectivity index (χ3v) is 4.26. The Morgan fingerprint density at radius 2 is 2.00 bits per heavy atom. The molecule has 0 radical (unpaired) electrons. The zero-order valence-electron chi connectivity index (χ0n) is 10.3. The zero-order valence-corrected chi connectivity index (χ0v) is 11.9. The van der Waals surface area contributed by atoms with E-state index in [9.17, 15) is 4.79 Å². The van der Waals surface area contributed by atoms with Gasteiger partial charge in [0.05, 0.1) is 10.0 Å². The van der Waals surface area contributed by atoms with E-state index in [1.807, 2.05) is 6.92 Å². The summed E-state index contributed by atoms with van der Waals surface area (Å²) in [6, 6.07) is 5.15. The number of carbonyl (C=O) groups is 1. The van der Waals surface area contributed by atoms with Gasteiger partial charge in [-0.1, -0.05) is 29.3 Å². The maximum atomic E-state index is 12.7. The maximum absolute atomic E-state index is 12.7. The van der Waals surface area contributed by atoms with Gasteiger partial charge in [0.2, 0.25) is 0 Å². The largest absolute Gasteiger partial charge is 0.367 e. The molecule has 0 N–H and O–H groups in total. The first kappa shape index (κ1) is 13.9. The fourth-order valence-corrected chi connectivity index (χ4v) is 2.97. The average molecular weight is 287 g/mol. The standard InChI is InChI=1S/C14H16Cl2O2/c1-2-18-14(8-3-4-9-14)13(17)10-6-5-7-11(15)12(10)16/h5-7H,2-4,8-9H2,1H3. The molecule has 1 aromatic rings. The minimum absolute atomic E-state index is 0.0330. The Balaban J connectivity index is 2.37. The van der Waals surface area contributed by atoms with E-state index in [1.165, 1.54) is 0 Å². The lowest BCUT2D eigenvalue weighted by Crippen LogP contribution is -2.39. The number of hydrogen-bond donors (Lipinski definition) is 0. The molecule has 1 saturated carbocycles. The summed E-state index contributed by atoms with van der Waals surface area (Å²) in [4.78, 5) is 12.7. The lowest BCUT2D eigenvalue weighted by Gasteiger charge is -2.27. The molecular formula is C14H16Cl2O2. The van der Waals surface area contributed by atoms with Crippen LogP contribution in [0.4, 0.5) is 0 Å². The Morgan fingerprint density at radius 1 is 1.33 bits per heavy atom. The van der Waals surface area contributed by atoms with Gasteiger partial charge < -0.3 is 4.74 Å². The SMILES string of the molecule is CCOC1(C(=O)c2cccc(Cl)c2Cl)CCCC1. The molecule has 0 unspecified atom stereocenters. The van der Waals surface area contributed by atoms with Gasteiger partial charge in [0.15, 0.2) is 5.78 Å². The Labute approximate surface area is 117 Å². The Hall–Kier alpha value is -0.570. The van der Waals surface area contributed by atoms with Gasteiger partial charge in [0.25, 0.3) is 0 Å². The predicted octanol–water partition coefficient (Wildman–Crippen LogP) is 4.53. The molecule has 0 aromatic heterocycles. The summed E-state index contributed by atoms with van der Waals surface area (Å²) in [7, 11) is 0. The molecule has 4 heteroatoms. The number of benzene rings is 1. The highest BCUT2D eigenvalue weighted by Crippen LogP contribution is 2.38. The molecule has 18 heavy (non-hydrogen) atoms. The molecule has 1 fully saturated rings. The van der Waals surface area contributed by atoms with Crippen molar-refractivity contribution in [3.8, 4) is 0 Å². The molecule has 2 rings (SSSR count). The van der Waals surface area contributed by atoms with Crippen molar-refractivity contribution in [2.45, 2.75) is 38.2 Å². The van der Waals surface area contributed by atoms with E-state index in [0.29, 0.717) is 22.2 Å². The van der Waals surface area contributed by atoms with Gasteiger partial charge in [-0.05, 0) is 44.7 Å². The third-order valence-electron chi connectivity index (χ3n) is 3.44. The second kappa shape index (κ2) is 5.60. The molecule has 0 amide bonds. The van der Waals surface area contributed by atoms with Gasteiger partial charge in [-0.3, -0.25) is 4.79 Å². The Bertz CT molecular complexity index is 451. The molecular weight excluding hydrogens is 271 g/mol. The highest BCUT2D eigenvalue weighted by molar-refractivity contribution is 6.44. The van der Waals surface area contributed by atoms with Gasteiger partial charge in [-0.25, -0.2) is 0 Å². The van der Waals surface area contributed by atoms with Crippen LogP contribution in [-0.2, 0) is 4.74 Å². The first-order valence-corrected chi connectivity index (χ1v) is 6.99. The smallest absolute Gasteiger partial charge is 0.196 e. The van der Waals surface area contributed by atoms with Crippen molar-refractivity contribution < 1.29 is 9.53 Å². The molecule has 0 atom stereocenters. The van der Waals surface area contributed by atoms with Gasteiger partial charge in [0, 0.05) is 12.2 Å². The first-order valence-electron chi connectivity index (χ1n) is 6.23. The van der Waals surface area contributed by atoms with Gasteiger partial charge in [-0.2, -0.15) is 0 Å². The number of hydrogen-bond acceptors (Lipinski definition) is 2. The zero-order chi connectivity index (χ0) is 13.2. The molecule has 0 bridgehead atoms. The van der Waals surface area contributed by atoms with Crippen molar-refractivity contribution >= 4 is 29.0 Å². The summed E-state index contributed by atoms with van der Waals surface area (Å²) >= 11 is 12.1. The van der Waals surface area contributed by atoms with Gasteiger partial charge >= 0.3 is 0 Å². The average Bonchev–Trinajstić information content (AvgIpc) is 2.82. The molecule has 1 aromatic carbocycles. The quantitative estimate of drug-likeness (QED) is 0.761. The summed E-state index contributed by atoms with van der Waals surface area (Å²) in [6.07, 6.45) is 3.57. The van der Waals surface area contributed by atoms with Crippen LogP contribution < -0.4 is 0 Å². The number of ether oxygens (including phenoxy) is 1. The van der Waals surface area contributed by atoms with E-state index in [2.05, 4.69) is 0 Å². The van der Waals surface area contributed by atoms with Crippen molar-refractivity contribution in [2.75, 3.05) is 6.61 Å². The van der Waals surface area contributed by atoms with Crippen molar-refractivity contribution in [1.82, 2.24) is 0 Å². The molecule has 0 heterocycles. The highest BCUT2D eigenvalue weighted by Gasteiger charge is 2.42. The van der Waals surface area contributed by atoms with Crippen LogP contribution in [0.25, 0.3) is 0 Å². The van der Waals surface area contributed by atoms with Crippen LogP contribution in [0.5, 0.6) is 0 Å². The van der Waals surface area contributed by atoms with Gasteiger partial charge in [-0.15, -0.1) is 0 Å². The topological polar surface area (TPSA) is 26.3 Å². The molecule has 1 aliphatic rings. The van der Waals surface area contributed by atoms with E-state index >= 15 is 0 Å². The minimum atomic E-state index is -0.691. The number of Topliss-reactive ketones (excluding diaryl/α,β-unsaturated/α-hetero) is 1. The Kier molecular flexibility index (Phi) is 4.31. The number of halogens is 2. The van der Waals surface area contributed by atoms with E-state index in [0.717, 1.165) is 25.7 Å². The lowest BCUT2D eigenvalue weighted by molar-refractivity contribution is -0.0163. The van der Waals surface area contributed by atoms with Crippen LogP contribution in [0.2, 0.25) is 10.0 Å². The molecule has 0 spiro atoms.